The summed E-state index contributed by atoms with van der Waals surface area (Å²) < 4.78 is 0. The zero-order valence-electron chi connectivity index (χ0n) is 12.0. The summed E-state index contributed by atoms with van der Waals surface area (Å²) >= 11 is 0. The first-order valence-electron chi connectivity index (χ1n) is 6.93. The molecule has 1 heterocycles. The van der Waals surface area contributed by atoms with E-state index in [1.165, 1.54) is 0 Å². The molecular formula is C15H23ClN2O2. The summed E-state index contributed by atoms with van der Waals surface area (Å²) in [5.74, 6) is 0.0423. The van der Waals surface area contributed by atoms with Crippen LogP contribution in [0.3, 0.4) is 0 Å². The van der Waals surface area contributed by atoms with Gasteiger partial charge in [-0.25, -0.2) is 0 Å². The SMILES string of the molecule is CCc1ccc(O)c(NC(=O)C2(C)CCCCN2)c1.Cl. The van der Waals surface area contributed by atoms with Crippen LogP contribution in [-0.2, 0) is 11.2 Å². The number of rotatable bonds is 3. The number of aromatic hydroxyl groups is 1. The number of carbonyl (C=O) groups excluding carboxylic acids is 1. The first kappa shape index (κ1) is 16.8. The van der Waals surface area contributed by atoms with Gasteiger partial charge < -0.3 is 15.7 Å². The van der Waals surface area contributed by atoms with Crippen molar-refractivity contribution in [1.29, 1.82) is 0 Å². The third-order valence-electron chi connectivity index (χ3n) is 3.84. The lowest BCUT2D eigenvalue weighted by Gasteiger charge is -2.33. The number of piperidine rings is 1. The number of hydrogen-bond acceptors (Lipinski definition) is 3. The van der Waals surface area contributed by atoms with Gasteiger partial charge in [0.15, 0.2) is 0 Å². The zero-order chi connectivity index (χ0) is 13.9. The van der Waals surface area contributed by atoms with Gasteiger partial charge in [-0.05, 0) is 56.8 Å². The first-order valence-corrected chi connectivity index (χ1v) is 6.93. The minimum absolute atomic E-state index is 0. The van der Waals surface area contributed by atoms with Crippen LogP contribution in [0.2, 0.25) is 0 Å². The van der Waals surface area contributed by atoms with Crippen molar-refractivity contribution in [1.82, 2.24) is 5.32 Å². The molecule has 4 nitrogen and oxygen atoms in total. The molecule has 1 fully saturated rings. The van der Waals surface area contributed by atoms with Crippen LogP contribution in [-0.4, -0.2) is 23.1 Å². The lowest BCUT2D eigenvalue weighted by molar-refractivity contribution is -0.122. The van der Waals surface area contributed by atoms with Gasteiger partial charge in [0.1, 0.15) is 5.75 Å². The van der Waals surface area contributed by atoms with Gasteiger partial charge in [0.25, 0.3) is 0 Å². The zero-order valence-corrected chi connectivity index (χ0v) is 12.8. The minimum atomic E-state index is -0.535. The highest BCUT2D eigenvalue weighted by Crippen LogP contribution is 2.27. The Morgan fingerprint density at radius 2 is 2.20 bits per heavy atom. The Bertz CT molecular complexity index is 471. The molecule has 0 saturated carbocycles. The van der Waals surface area contributed by atoms with E-state index >= 15 is 0 Å². The Kier molecular flexibility index (Phi) is 5.84. The number of benzene rings is 1. The number of phenolic OH excluding ortho intramolecular Hbond substituents is 1. The summed E-state index contributed by atoms with van der Waals surface area (Å²) in [6.45, 7) is 4.83. The number of anilines is 1. The topological polar surface area (TPSA) is 61.4 Å². The maximum Gasteiger partial charge on any atom is 0.244 e. The molecule has 0 radical (unpaired) electrons. The van der Waals surface area contributed by atoms with Crippen molar-refractivity contribution in [3.05, 3.63) is 23.8 Å². The van der Waals surface area contributed by atoms with Crippen LogP contribution in [0.25, 0.3) is 0 Å². The van der Waals surface area contributed by atoms with Gasteiger partial charge >= 0.3 is 0 Å². The van der Waals surface area contributed by atoms with Crippen LogP contribution in [0.5, 0.6) is 5.75 Å². The number of halogens is 1. The standard InChI is InChI=1S/C15H22N2O2.ClH/c1-3-11-6-7-13(18)12(10-11)17-14(19)15(2)8-4-5-9-16-15;/h6-7,10,16,18H,3-5,8-9H2,1-2H3,(H,17,19);1H. The molecule has 1 aliphatic heterocycles. The maximum atomic E-state index is 12.4. The lowest BCUT2D eigenvalue weighted by atomic mass is 9.90. The molecule has 0 aliphatic carbocycles. The van der Waals surface area contributed by atoms with Crippen LogP contribution in [0.4, 0.5) is 5.69 Å². The second-order valence-electron chi connectivity index (χ2n) is 5.38. The van der Waals surface area contributed by atoms with Crippen molar-refractivity contribution < 1.29 is 9.90 Å². The van der Waals surface area contributed by atoms with E-state index in [2.05, 4.69) is 10.6 Å². The van der Waals surface area contributed by atoms with Crippen molar-refractivity contribution in [3.63, 3.8) is 0 Å². The monoisotopic (exact) mass is 298 g/mol. The van der Waals surface area contributed by atoms with E-state index in [1.54, 1.807) is 6.07 Å². The Labute approximate surface area is 126 Å². The molecule has 1 aliphatic rings. The fourth-order valence-electron chi connectivity index (χ4n) is 2.41. The molecule has 20 heavy (non-hydrogen) atoms. The average molecular weight is 299 g/mol. The third kappa shape index (κ3) is 3.64. The van der Waals surface area contributed by atoms with Gasteiger partial charge in [0, 0.05) is 0 Å². The normalized spacial score (nSPS) is 21.9. The Hall–Kier alpha value is -1.26. The lowest BCUT2D eigenvalue weighted by Crippen LogP contribution is -2.54. The summed E-state index contributed by atoms with van der Waals surface area (Å²) in [5.41, 5.74) is 1.06. The van der Waals surface area contributed by atoms with E-state index in [0.717, 1.165) is 37.8 Å². The van der Waals surface area contributed by atoms with E-state index in [9.17, 15) is 9.90 Å². The fraction of sp³-hybridized carbons (Fsp3) is 0.533. The molecule has 2 rings (SSSR count). The molecule has 1 saturated heterocycles. The summed E-state index contributed by atoms with van der Waals surface area (Å²) in [4.78, 5) is 12.4. The number of amides is 1. The van der Waals surface area contributed by atoms with E-state index < -0.39 is 5.54 Å². The molecule has 0 aromatic heterocycles. The van der Waals surface area contributed by atoms with Crippen molar-refractivity contribution >= 4 is 24.0 Å². The molecule has 0 bridgehead atoms. The van der Waals surface area contributed by atoms with Crippen LogP contribution in [0.15, 0.2) is 18.2 Å². The summed E-state index contributed by atoms with van der Waals surface area (Å²) in [7, 11) is 0. The van der Waals surface area contributed by atoms with Gasteiger partial charge in [-0.1, -0.05) is 13.0 Å². The smallest absolute Gasteiger partial charge is 0.244 e. The van der Waals surface area contributed by atoms with Crippen molar-refractivity contribution in [2.24, 2.45) is 0 Å². The van der Waals surface area contributed by atoms with Crippen molar-refractivity contribution in [2.75, 3.05) is 11.9 Å². The van der Waals surface area contributed by atoms with E-state index in [4.69, 9.17) is 0 Å². The molecule has 1 aromatic carbocycles. The quantitative estimate of drug-likeness (QED) is 0.752. The van der Waals surface area contributed by atoms with Crippen LogP contribution >= 0.6 is 12.4 Å². The fourth-order valence-corrected chi connectivity index (χ4v) is 2.41. The highest BCUT2D eigenvalue weighted by molar-refractivity contribution is 5.99. The predicted octanol–water partition coefficient (Wildman–Crippen LogP) is 2.85. The Morgan fingerprint density at radius 1 is 1.45 bits per heavy atom. The second kappa shape index (κ2) is 6.95. The molecule has 112 valence electrons. The number of nitrogens with one attached hydrogen (secondary N) is 2. The molecule has 5 heteroatoms. The van der Waals surface area contributed by atoms with E-state index in [1.807, 2.05) is 26.0 Å². The summed E-state index contributed by atoms with van der Waals surface area (Å²) in [6.07, 6.45) is 3.86. The summed E-state index contributed by atoms with van der Waals surface area (Å²) in [6, 6.07) is 5.33. The molecule has 1 unspecified atom stereocenters. The largest absolute Gasteiger partial charge is 0.506 e. The number of hydrogen-bond donors (Lipinski definition) is 3. The molecule has 3 N–H and O–H groups in total. The van der Waals surface area contributed by atoms with Crippen molar-refractivity contribution in [2.45, 2.75) is 45.1 Å². The van der Waals surface area contributed by atoms with Gasteiger partial charge in [-0.2, -0.15) is 0 Å². The Morgan fingerprint density at radius 3 is 2.80 bits per heavy atom. The second-order valence-corrected chi connectivity index (χ2v) is 5.38. The van der Waals surface area contributed by atoms with E-state index in [0.29, 0.717) is 5.69 Å². The molecule has 0 spiro atoms. The van der Waals surface area contributed by atoms with Gasteiger partial charge in [-0.3, -0.25) is 4.79 Å². The van der Waals surface area contributed by atoms with Crippen LogP contribution < -0.4 is 10.6 Å². The van der Waals surface area contributed by atoms with E-state index in [-0.39, 0.29) is 24.1 Å². The van der Waals surface area contributed by atoms with Crippen LogP contribution in [0.1, 0.15) is 38.7 Å². The number of aryl methyl sites for hydroxylation is 1. The highest BCUT2D eigenvalue weighted by Gasteiger charge is 2.34. The third-order valence-corrected chi connectivity index (χ3v) is 3.84. The average Bonchev–Trinajstić information content (AvgIpc) is 2.42. The number of carbonyl (C=O) groups is 1. The summed E-state index contributed by atoms with van der Waals surface area (Å²) in [5, 5.41) is 15.9. The molecule has 1 amide bonds. The van der Waals surface area contributed by atoms with Crippen LogP contribution in [0, 0.1) is 0 Å². The van der Waals surface area contributed by atoms with Gasteiger partial charge in [0.05, 0.1) is 11.2 Å². The Balaban J connectivity index is 0.00000200. The predicted molar refractivity (Wildman–Crippen MR) is 83.6 cm³/mol. The van der Waals surface area contributed by atoms with Crippen molar-refractivity contribution in [3.8, 4) is 5.75 Å². The molecular weight excluding hydrogens is 276 g/mol. The minimum Gasteiger partial charge on any atom is -0.506 e. The highest BCUT2D eigenvalue weighted by atomic mass is 35.5. The molecule has 1 aromatic rings. The first-order chi connectivity index (χ1) is 9.05. The van der Waals surface area contributed by atoms with Gasteiger partial charge in [-0.15, -0.1) is 12.4 Å². The molecule has 1 atom stereocenters. The maximum absolute atomic E-state index is 12.4. The number of phenols is 1. The van der Waals surface area contributed by atoms with Gasteiger partial charge in [0.2, 0.25) is 5.91 Å².